The normalized spacial score (nSPS) is 12.4. The molecular formula is C14H14BrFN2. The molecule has 94 valence electrons. The maximum absolute atomic E-state index is 12.9. The zero-order valence-corrected chi connectivity index (χ0v) is 11.6. The van der Waals surface area contributed by atoms with Crippen LogP contribution in [-0.4, -0.2) is 12.0 Å². The lowest BCUT2D eigenvalue weighted by Crippen LogP contribution is -2.19. The van der Waals surface area contributed by atoms with E-state index >= 15 is 0 Å². The van der Waals surface area contributed by atoms with Gasteiger partial charge >= 0.3 is 0 Å². The third-order valence-electron chi connectivity index (χ3n) is 2.83. The fraction of sp³-hybridized carbons (Fsp3) is 0.214. The molecule has 1 N–H and O–H groups in total. The van der Waals surface area contributed by atoms with Crippen LogP contribution in [0.1, 0.15) is 17.2 Å². The molecule has 2 rings (SSSR count). The lowest BCUT2D eigenvalue weighted by Gasteiger charge is -2.16. The van der Waals surface area contributed by atoms with E-state index in [0.29, 0.717) is 0 Å². The highest BCUT2D eigenvalue weighted by atomic mass is 79.9. The molecule has 0 bridgehead atoms. The van der Waals surface area contributed by atoms with Crippen LogP contribution in [-0.2, 0) is 6.42 Å². The Morgan fingerprint density at radius 2 is 2.00 bits per heavy atom. The number of rotatable bonds is 4. The first-order valence-electron chi connectivity index (χ1n) is 5.71. The molecule has 0 aliphatic carbocycles. The number of hydrogen-bond donors (Lipinski definition) is 1. The van der Waals surface area contributed by atoms with Crippen molar-refractivity contribution in [1.82, 2.24) is 10.3 Å². The van der Waals surface area contributed by atoms with Gasteiger partial charge in [-0.3, -0.25) is 4.98 Å². The molecule has 2 nitrogen and oxygen atoms in total. The summed E-state index contributed by atoms with van der Waals surface area (Å²) < 4.78 is 13.8. The lowest BCUT2D eigenvalue weighted by atomic mass is 10.0. The van der Waals surface area contributed by atoms with Crippen LogP contribution < -0.4 is 5.32 Å². The molecule has 18 heavy (non-hydrogen) atoms. The zero-order chi connectivity index (χ0) is 13.0. The largest absolute Gasteiger partial charge is 0.313 e. The highest BCUT2D eigenvalue weighted by molar-refractivity contribution is 9.10. The Kier molecular flexibility index (Phi) is 4.44. The number of aromatic nitrogens is 1. The van der Waals surface area contributed by atoms with E-state index < -0.39 is 0 Å². The first kappa shape index (κ1) is 13.2. The molecule has 0 saturated heterocycles. The molecule has 0 radical (unpaired) electrons. The highest BCUT2D eigenvalue weighted by Crippen LogP contribution is 2.20. The summed E-state index contributed by atoms with van der Waals surface area (Å²) in [6.45, 7) is 0. The van der Waals surface area contributed by atoms with Crippen molar-refractivity contribution in [2.24, 2.45) is 0 Å². The van der Waals surface area contributed by atoms with E-state index in [-0.39, 0.29) is 11.9 Å². The fourth-order valence-corrected chi connectivity index (χ4v) is 2.24. The molecule has 1 aromatic heterocycles. The molecule has 1 atom stereocenters. The summed E-state index contributed by atoms with van der Waals surface area (Å²) in [5.41, 5.74) is 2.20. The summed E-state index contributed by atoms with van der Waals surface area (Å²) in [7, 11) is 1.91. The number of halogens is 2. The van der Waals surface area contributed by atoms with Crippen molar-refractivity contribution in [3.05, 3.63) is 64.1 Å². The van der Waals surface area contributed by atoms with E-state index in [2.05, 4.69) is 26.2 Å². The summed E-state index contributed by atoms with van der Waals surface area (Å²) in [4.78, 5) is 4.16. The fourth-order valence-electron chi connectivity index (χ4n) is 1.86. The first-order chi connectivity index (χ1) is 8.69. The van der Waals surface area contributed by atoms with E-state index in [9.17, 15) is 4.39 Å². The number of likely N-dealkylation sites (N-methyl/N-ethyl adjacent to an activating group) is 1. The summed E-state index contributed by atoms with van der Waals surface area (Å²) in [6, 6.07) is 8.80. The maximum Gasteiger partial charge on any atom is 0.123 e. The van der Waals surface area contributed by atoms with Crippen molar-refractivity contribution in [3.8, 4) is 0 Å². The van der Waals surface area contributed by atoms with Crippen LogP contribution in [0.2, 0.25) is 0 Å². The summed E-state index contributed by atoms with van der Waals surface area (Å²) in [5, 5.41) is 3.25. The number of pyridine rings is 1. The Labute approximate surface area is 114 Å². The van der Waals surface area contributed by atoms with E-state index in [1.54, 1.807) is 6.20 Å². The zero-order valence-electron chi connectivity index (χ0n) is 10.0. The van der Waals surface area contributed by atoms with Crippen LogP contribution in [0.4, 0.5) is 4.39 Å². The van der Waals surface area contributed by atoms with Gasteiger partial charge in [0.2, 0.25) is 0 Å². The van der Waals surface area contributed by atoms with Gasteiger partial charge in [0.1, 0.15) is 5.82 Å². The van der Waals surface area contributed by atoms with Gasteiger partial charge in [0.15, 0.2) is 0 Å². The minimum absolute atomic E-state index is 0.167. The molecule has 0 saturated carbocycles. The van der Waals surface area contributed by atoms with Crippen LogP contribution in [0.15, 0.2) is 47.2 Å². The topological polar surface area (TPSA) is 24.9 Å². The van der Waals surface area contributed by atoms with Gasteiger partial charge in [-0.05, 0) is 58.7 Å². The molecule has 4 heteroatoms. The van der Waals surface area contributed by atoms with E-state index in [0.717, 1.165) is 22.0 Å². The van der Waals surface area contributed by atoms with E-state index in [4.69, 9.17) is 0 Å². The predicted molar refractivity (Wildman–Crippen MR) is 73.8 cm³/mol. The van der Waals surface area contributed by atoms with Crippen molar-refractivity contribution in [2.45, 2.75) is 12.5 Å². The van der Waals surface area contributed by atoms with Crippen molar-refractivity contribution in [3.63, 3.8) is 0 Å². The molecule has 0 fully saturated rings. The maximum atomic E-state index is 12.9. The molecular weight excluding hydrogens is 295 g/mol. The van der Waals surface area contributed by atoms with Gasteiger partial charge in [-0.1, -0.05) is 12.1 Å². The predicted octanol–water partition coefficient (Wildman–Crippen LogP) is 3.49. The third-order valence-corrected chi connectivity index (χ3v) is 3.26. The molecule has 0 spiro atoms. The van der Waals surface area contributed by atoms with Gasteiger partial charge < -0.3 is 5.32 Å². The Balaban J connectivity index is 2.17. The van der Waals surface area contributed by atoms with Crippen LogP contribution in [0.25, 0.3) is 0 Å². The average molecular weight is 309 g/mol. The second-order valence-electron chi connectivity index (χ2n) is 4.11. The van der Waals surface area contributed by atoms with Gasteiger partial charge in [-0.15, -0.1) is 0 Å². The summed E-state index contributed by atoms with van der Waals surface area (Å²) >= 11 is 3.41. The Morgan fingerprint density at radius 1 is 1.28 bits per heavy atom. The molecule has 0 amide bonds. The second kappa shape index (κ2) is 6.07. The number of nitrogens with zero attached hydrogens (tertiary/aromatic N) is 1. The minimum Gasteiger partial charge on any atom is -0.313 e. The Morgan fingerprint density at radius 3 is 2.61 bits per heavy atom. The molecule has 0 aliphatic rings. The van der Waals surface area contributed by atoms with E-state index in [1.165, 1.54) is 12.1 Å². The molecule has 1 unspecified atom stereocenters. The van der Waals surface area contributed by atoms with Crippen molar-refractivity contribution in [1.29, 1.82) is 0 Å². The quantitative estimate of drug-likeness (QED) is 0.935. The molecule has 0 aliphatic heterocycles. The van der Waals surface area contributed by atoms with Crippen LogP contribution in [0, 0.1) is 5.82 Å². The number of nitrogens with one attached hydrogen (secondary N) is 1. The molecule has 2 aromatic rings. The monoisotopic (exact) mass is 308 g/mol. The third kappa shape index (κ3) is 3.37. The van der Waals surface area contributed by atoms with Gasteiger partial charge in [0.05, 0.1) is 0 Å². The Hall–Kier alpha value is -1.26. The van der Waals surface area contributed by atoms with Crippen molar-refractivity contribution in [2.75, 3.05) is 7.05 Å². The first-order valence-corrected chi connectivity index (χ1v) is 6.50. The number of hydrogen-bond acceptors (Lipinski definition) is 2. The Bertz CT molecular complexity index is 513. The van der Waals surface area contributed by atoms with E-state index in [1.807, 2.05) is 31.4 Å². The average Bonchev–Trinajstić information content (AvgIpc) is 2.38. The van der Waals surface area contributed by atoms with Crippen LogP contribution in [0.5, 0.6) is 0 Å². The molecule has 1 heterocycles. The van der Waals surface area contributed by atoms with Crippen LogP contribution >= 0.6 is 15.9 Å². The number of benzene rings is 1. The molecule has 1 aromatic carbocycles. The smallest absolute Gasteiger partial charge is 0.123 e. The SMILES string of the molecule is CNC(Cc1ccc(F)cc1)c1cncc(Br)c1. The summed E-state index contributed by atoms with van der Waals surface area (Å²) in [6.07, 6.45) is 4.40. The van der Waals surface area contributed by atoms with Gasteiger partial charge in [-0.25, -0.2) is 4.39 Å². The van der Waals surface area contributed by atoms with Gasteiger partial charge in [0.25, 0.3) is 0 Å². The lowest BCUT2D eigenvalue weighted by molar-refractivity contribution is 0.586. The van der Waals surface area contributed by atoms with Gasteiger partial charge in [0, 0.05) is 22.9 Å². The van der Waals surface area contributed by atoms with Crippen LogP contribution in [0.3, 0.4) is 0 Å². The van der Waals surface area contributed by atoms with Gasteiger partial charge in [-0.2, -0.15) is 0 Å². The minimum atomic E-state index is -0.205. The summed E-state index contributed by atoms with van der Waals surface area (Å²) in [5.74, 6) is -0.205. The standard InChI is InChI=1S/C14H14BrFN2/c1-17-14(11-7-12(15)9-18-8-11)6-10-2-4-13(16)5-3-10/h2-5,7-9,14,17H,6H2,1H3. The van der Waals surface area contributed by atoms with Crippen molar-refractivity contribution < 1.29 is 4.39 Å². The second-order valence-corrected chi connectivity index (χ2v) is 5.02. The highest BCUT2D eigenvalue weighted by Gasteiger charge is 2.10. The van der Waals surface area contributed by atoms with Crippen molar-refractivity contribution >= 4 is 15.9 Å².